The van der Waals surface area contributed by atoms with E-state index in [0.717, 1.165) is 52.4 Å². The van der Waals surface area contributed by atoms with Gasteiger partial charge in [-0.2, -0.15) is 0 Å². The molecule has 6 nitrogen and oxygen atoms in total. The number of carbonyl (C=O) groups excluding carboxylic acids is 1. The third kappa shape index (κ3) is 4.62. The van der Waals surface area contributed by atoms with Crippen molar-refractivity contribution in [2.75, 3.05) is 5.32 Å². The van der Waals surface area contributed by atoms with Gasteiger partial charge in [0.2, 0.25) is 5.91 Å². The lowest BCUT2D eigenvalue weighted by molar-refractivity contribution is 0.1000. The van der Waals surface area contributed by atoms with Crippen LogP contribution in [0.4, 0.5) is 5.82 Å². The maximum absolute atomic E-state index is 11.8. The Morgan fingerprint density at radius 1 is 1.09 bits per heavy atom. The normalized spacial score (nSPS) is 14.3. The van der Waals surface area contributed by atoms with Gasteiger partial charge in [-0.3, -0.25) is 9.20 Å². The van der Waals surface area contributed by atoms with Gasteiger partial charge in [0.25, 0.3) is 0 Å². The second kappa shape index (κ2) is 9.59. The zero-order valence-electron chi connectivity index (χ0n) is 19.5. The van der Waals surface area contributed by atoms with Gasteiger partial charge in [-0.05, 0) is 61.2 Å². The zero-order chi connectivity index (χ0) is 23.5. The van der Waals surface area contributed by atoms with E-state index in [1.807, 2.05) is 34.7 Å². The number of anilines is 1. The number of benzene rings is 2. The maximum atomic E-state index is 11.8. The average molecular weight is 455 g/mol. The summed E-state index contributed by atoms with van der Waals surface area (Å²) in [7, 11) is 0. The monoisotopic (exact) mass is 454 g/mol. The number of aromatic nitrogens is 2. The van der Waals surface area contributed by atoms with Crippen molar-refractivity contribution in [3.63, 3.8) is 0 Å². The molecule has 0 saturated heterocycles. The largest absolute Gasteiger partial charge is 0.489 e. The Labute approximate surface area is 199 Å². The minimum absolute atomic E-state index is 0.387. The standard InChI is InChI=1S/C28H30N4O2/c1-19-16-23(34-18-20-8-4-2-5-9-20)13-14-24(19)26-28(30-22-10-6-3-7-11-22)32-17-21(27(29)33)12-15-25(32)31-26/h2,4-5,8-9,12-17,22,30H,3,6-7,10-11,18H2,1H3,(H2,29,33). The van der Waals surface area contributed by atoms with Crippen molar-refractivity contribution in [1.82, 2.24) is 9.38 Å². The zero-order valence-corrected chi connectivity index (χ0v) is 19.5. The molecule has 1 aliphatic carbocycles. The number of amides is 1. The van der Waals surface area contributed by atoms with E-state index in [-0.39, 0.29) is 0 Å². The number of imidazole rings is 1. The van der Waals surface area contributed by atoms with E-state index in [9.17, 15) is 4.79 Å². The molecule has 0 unspecified atom stereocenters. The van der Waals surface area contributed by atoms with E-state index < -0.39 is 5.91 Å². The fourth-order valence-electron chi connectivity index (χ4n) is 4.69. The number of nitrogens with zero attached hydrogens (tertiary/aromatic N) is 2. The third-order valence-electron chi connectivity index (χ3n) is 6.55. The molecule has 34 heavy (non-hydrogen) atoms. The van der Waals surface area contributed by atoms with Crippen LogP contribution in [0.1, 0.15) is 53.6 Å². The minimum atomic E-state index is -0.447. The lowest BCUT2D eigenvalue weighted by Gasteiger charge is -2.24. The number of hydrogen-bond donors (Lipinski definition) is 2. The van der Waals surface area contributed by atoms with E-state index in [2.05, 4.69) is 36.5 Å². The van der Waals surface area contributed by atoms with Gasteiger partial charge < -0.3 is 15.8 Å². The predicted molar refractivity (Wildman–Crippen MR) is 135 cm³/mol. The summed E-state index contributed by atoms with van der Waals surface area (Å²) in [5.74, 6) is 1.29. The molecule has 0 aliphatic heterocycles. The van der Waals surface area contributed by atoms with Gasteiger partial charge in [0.1, 0.15) is 29.5 Å². The summed E-state index contributed by atoms with van der Waals surface area (Å²) in [5.41, 5.74) is 10.9. The molecule has 4 aromatic rings. The molecule has 1 fully saturated rings. The number of carbonyl (C=O) groups is 1. The van der Waals surface area contributed by atoms with Crippen LogP contribution >= 0.6 is 0 Å². The molecule has 0 atom stereocenters. The number of pyridine rings is 1. The molecule has 2 aromatic carbocycles. The summed E-state index contributed by atoms with van der Waals surface area (Å²) >= 11 is 0. The molecule has 1 amide bonds. The van der Waals surface area contributed by atoms with Crippen molar-refractivity contribution < 1.29 is 9.53 Å². The lowest BCUT2D eigenvalue weighted by atomic mass is 9.95. The van der Waals surface area contributed by atoms with E-state index in [1.54, 1.807) is 12.3 Å². The first-order valence-electron chi connectivity index (χ1n) is 11.9. The highest BCUT2D eigenvalue weighted by molar-refractivity contribution is 5.93. The molecule has 6 heteroatoms. The highest BCUT2D eigenvalue weighted by atomic mass is 16.5. The SMILES string of the molecule is Cc1cc(OCc2ccccc2)ccc1-c1nc2ccc(C(N)=O)cn2c1NC1CCCCC1. The molecule has 1 saturated carbocycles. The number of hydrogen-bond acceptors (Lipinski definition) is 4. The molecule has 5 rings (SSSR count). The van der Waals surface area contributed by atoms with Crippen LogP contribution in [0, 0.1) is 6.92 Å². The van der Waals surface area contributed by atoms with Crippen LogP contribution in [0.25, 0.3) is 16.9 Å². The van der Waals surface area contributed by atoms with Gasteiger partial charge in [0.15, 0.2) is 0 Å². The summed E-state index contributed by atoms with van der Waals surface area (Å²) in [6.45, 7) is 2.60. The number of ether oxygens (including phenoxy) is 1. The minimum Gasteiger partial charge on any atom is -0.489 e. The molecule has 0 radical (unpaired) electrons. The quantitative estimate of drug-likeness (QED) is 0.373. The highest BCUT2D eigenvalue weighted by Crippen LogP contribution is 2.35. The van der Waals surface area contributed by atoms with Crippen LogP contribution in [-0.4, -0.2) is 21.3 Å². The van der Waals surface area contributed by atoms with Gasteiger partial charge in [-0.25, -0.2) is 4.98 Å². The van der Waals surface area contributed by atoms with Crippen molar-refractivity contribution in [3.05, 3.63) is 83.6 Å². The second-order valence-corrected chi connectivity index (χ2v) is 9.05. The van der Waals surface area contributed by atoms with Crippen LogP contribution in [0.5, 0.6) is 5.75 Å². The molecule has 3 N–H and O–H groups in total. The lowest BCUT2D eigenvalue weighted by Crippen LogP contribution is -2.23. The first kappa shape index (κ1) is 22.0. The molecule has 0 spiro atoms. The number of nitrogens with two attached hydrogens (primary N) is 1. The van der Waals surface area contributed by atoms with Crippen LogP contribution in [0.2, 0.25) is 0 Å². The first-order valence-corrected chi connectivity index (χ1v) is 11.9. The number of primary amides is 1. The Bertz CT molecular complexity index is 1310. The fourth-order valence-corrected chi connectivity index (χ4v) is 4.69. The number of nitrogens with one attached hydrogen (secondary N) is 1. The van der Waals surface area contributed by atoms with Gasteiger partial charge in [-0.1, -0.05) is 49.6 Å². The predicted octanol–water partition coefficient (Wildman–Crippen LogP) is 5.73. The summed E-state index contributed by atoms with van der Waals surface area (Å²) in [5, 5.41) is 3.74. The van der Waals surface area contributed by atoms with Gasteiger partial charge in [0, 0.05) is 17.8 Å². The van der Waals surface area contributed by atoms with Crippen molar-refractivity contribution in [1.29, 1.82) is 0 Å². The highest BCUT2D eigenvalue weighted by Gasteiger charge is 2.21. The molecule has 2 heterocycles. The van der Waals surface area contributed by atoms with Crippen LogP contribution in [0.3, 0.4) is 0 Å². The van der Waals surface area contributed by atoms with E-state index >= 15 is 0 Å². The molecule has 1 aliphatic rings. The van der Waals surface area contributed by atoms with E-state index in [4.69, 9.17) is 15.5 Å². The van der Waals surface area contributed by atoms with Crippen molar-refractivity contribution in [2.45, 2.75) is 51.7 Å². The summed E-state index contributed by atoms with van der Waals surface area (Å²) in [6, 6.07) is 20.2. The Balaban J connectivity index is 1.50. The number of fused-ring (bicyclic) bond motifs is 1. The summed E-state index contributed by atoms with van der Waals surface area (Å²) in [6.07, 6.45) is 7.78. The number of aryl methyl sites for hydroxylation is 1. The molecule has 2 aromatic heterocycles. The Kier molecular flexibility index (Phi) is 6.21. The molecule has 174 valence electrons. The van der Waals surface area contributed by atoms with Crippen molar-refractivity contribution in [2.24, 2.45) is 5.73 Å². The second-order valence-electron chi connectivity index (χ2n) is 9.05. The van der Waals surface area contributed by atoms with Gasteiger partial charge >= 0.3 is 0 Å². The maximum Gasteiger partial charge on any atom is 0.250 e. The first-order chi connectivity index (χ1) is 16.6. The fraction of sp³-hybridized carbons (Fsp3) is 0.286. The van der Waals surface area contributed by atoms with E-state index in [0.29, 0.717) is 18.2 Å². The van der Waals surface area contributed by atoms with E-state index in [1.165, 1.54) is 19.3 Å². The van der Waals surface area contributed by atoms with Crippen LogP contribution in [0.15, 0.2) is 66.9 Å². The van der Waals surface area contributed by atoms with Crippen molar-refractivity contribution >= 4 is 17.4 Å². The number of rotatable bonds is 7. The van der Waals surface area contributed by atoms with Gasteiger partial charge in [0.05, 0.1) is 5.56 Å². The van der Waals surface area contributed by atoms with Crippen LogP contribution < -0.4 is 15.8 Å². The molecular formula is C28H30N4O2. The smallest absolute Gasteiger partial charge is 0.250 e. The third-order valence-corrected chi connectivity index (χ3v) is 6.55. The van der Waals surface area contributed by atoms with Crippen LogP contribution in [-0.2, 0) is 6.61 Å². The summed E-state index contributed by atoms with van der Waals surface area (Å²) in [4.78, 5) is 16.8. The van der Waals surface area contributed by atoms with Crippen molar-refractivity contribution in [3.8, 4) is 17.0 Å². The Hall–Kier alpha value is -3.80. The molecule has 0 bridgehead atoms. The van der Waals surface area contributed by atoms with Gasteiger partial charge in [-0.15, -0.1) is 0 Å². The topological polar surface area (TPSA) is 81.7 Å². The summed E-state index contributed by atoms with van der Waals surface area (Å²) < 4.78 is 7.99. The Morgan fingerprint density at radius 3 is 2.62 bits per heavy atom. The molecular weight excluding hydrogens is 424 g/mol. The Morgan fingerprint density at radius 2 is 1.88 bits per heavy atom. The average Bonchev–Trinajstić information content (AvgIpc) is 3.21.